The summed E-state index contributed by atoms with van der Waals surface area (Å²) in [5, 5.41) is 23.8. The molecule has 1 aliphatic heterocycles. The minimum absolute atomic E-state index is 0.0223. The Labute approximate surface area is 395 Å². The summed E-state index contributed by atoms with van der Waals surface area (Å²) in [5.74, 6) is -3.47. The first-order valence-corrected chi connectivity index (χ1v) is 23.5. The fourth-order valence-electron chi connectivity index (χ4n) is 6.46. The van der Waals surface area contributed by atoms with Crippen LogP contribution in [0.3, 0.4) is 0 Å². The van der Waals surface area contributed by atoms with E-state index in [2.05, 4.69) is 41.6 Å². The van der Waals surface area contributed by atoms with Crippen LogP contribution in [0.2, 0.25) is 0 Å². The van der Waals surface area contributed by atoms with Gasteiger partial charge in [0.05, 0.1) is 19.3 Å². The molecule has 364 valence electrons. The number of rotatable bonds is 19. The van der Waals surface area contributed by atoms with Gasteiger partial charge in [-0.05, 0) is 59.1 Å². The zero-order valence-electron chi connectivity index (χ0n) is 38.0. The Hall–Kier alpha value is -6.99. The number of alkyl carbamates (subject to hydrolysis) is 1. The van der Waals surface area contributed by atoms with Crippen molar-refractivity contribution in [2.24, 2.45) is 5.16 Å². The molecule has 0 bridgehead atoms. The van der Waals surface area contributed by atoms with Crippen LogP contribution >= 0.6 is 11.3 Å². The molecule has 25 heteroatoms. The van der Waals surface area contributed by atoms with E-state index >= 15 is 0 Å². The molecule has 1 saturated heterocycles. The fourth-order valence-corrected chi connectivity index (χ4v) is 8.02. The Kier molecular flexibility index (Phi) is 15.5. The van der Waals surface area contributed by atoms with Gasteiger partial charge in [0.25, 0.3) is 11.8 Å². The van der Waals surface area contributed by atoms with E-state index in [0.717, 1.165) is 16.1 Å². The molecule has 5 amide bonds. The first-order chi connectivity index (χ1) is 32.0. The Balaban J connectivity index is 1.17. The number of nitrogens with zero attached hydrogens (tertiary/aromatic N) is 6. The van der Waals surface area contributed by atoms with Crippen LogP contribution in [0, 0.1) is 0 Å². The molecule has 6 rings (SSSR count). The van der Waals surface area contributed by atoms with E-state index in [1.54, 1.807) is 90.1 Å². The Morgan fingerprint density at radius 1 is 0.926 bits per heavy atom. The second-order valence-corrected chi connectivity index (χ2v) is 19.8. The molecule has 1 saturated carbocycles. The highest BCUT2D eigenvalue weighted by Gasteiger charge is 2.57. The first-order valence-electron chi connectivity index (χ1n) is 21.3. The summed E-state index contributed by atoms with van der Waals surface area (Å²) < 4.78 is 51.4. The zero-order chi connectivity index (χ0) is 49.4. The van der Waals surface area contributed by atoms with Gasteiger partial charge >= 0.3 is 28.5 Å². The molecule has 3 heterocycles. The topological polar surface area (TPSA) is 301 Å². The van der Waals surface area contributed by atoms with Crippen LogP contribution in [0.15, 0.2) is 77.4 Å². The molecule has 1 aliphatic carbocycles. The third-order valence-corrected chi connectivity index (χ3v) is 11.4. The number of carbonyl (C=O) groups is 6. The van der Waals surface area contributed by atoms with Crippen LogP contribution in [-0.4, -0.2) is 114 Å². The van der Waals surface area contributed by atoms with Crippen LogP contribution in [-0.2, 0) is 61.6 Å². The summed E-state index contributed by atoms with van der Waals surface area (Å²) in [6, 6.07) is 15.0. The van der Waals surface area contributed by atoms with Gasteiger partial charge in [-0.3, -0.25) is 24.3 Å². The average Bonchev–Trinajstić information content (AvgIpc) is 3.68. The van der Waals surface area contributed by atoms with Gasteiger partial charge in [0.2, 0.25) is 11.5 Å². The van der Waals surface area contributed by atoms with Crippen LogP contribution < -0.4 is 21.3 Å². The monoisotopic (exact) mass is 980 g/mol. The maximum Gasteiger partial charge on any atom is 0.413 e. The third-order valence-electron chi connectivity index (χ3n) is 9.74. The van der Waals surface area contributed by atoms with Crippen molar-refractivity contribution in [1.29, 1.82) is 0 Å². The molecule has 2 atom stereocenters. The lowest BCUT2D eigenvalue weighted by atomic mass is 9.98. The number of ether oxygens (including phenoxy) is 3. The van der Waals surface area contributed by atoms with Crippen molar-refractivity contribution in [3.05, 3.63) is 94.8 Å². The second-order valence-electron chi connectivity index (χ2n) is 17.6. The van der Waals surface area contributed by atoms with E-state index in [1.165, 1.54) is 11.6 Å². The van der Waals surface area contributed by atoms with E-state index in [4.69, 9.17) is 19.0 Å². The van der Waals surface area contributed by atoms with Gasteiger partial charge in [-0.2, -0.15) is 23.4 Å². The van der Waals surface area contributed by atoms with Gasteiger partial charge in [0.15, 0.2) is 16.9 Å². The molecule has 0 unspecified atom stereocenters. The Bertz CT molecular complexity index is 2580. The molecular formula is C43H52N10O13S2. The summed E-state index contributed by atoms with van der Waals surface area (Å²) in [4.78, 5) is 89.3. The molecular weight excluding hydrogens is 929 g/mol. The average molecular weight is 981 g/mol. The predicted molar refractivity (Wildman–Crippen MR) is 242 cm³/mol. The van der Waals surface area contributed by atoms with E-state index in [9.17, 15) is 41.7 Å². The Morgan fingerprint density at radius 3 is 2.13 bits per heavy atom. The third kappa shape index (κ3) is 13.8. The number of hydrogen-bond acceptors (Lipinski definition) is 17. The van der Waals surface area contributed by atoms with Crippen LogP contribution in [0.25, 0.3) is 0 Å². The fraction of sp³-hybridized carbons (Fsp3) is 0.442. The number of carbonyl (C=O) groups excluding carboxylic acids is 6. The number of nitrogens with one attached hydrogen (secondary N) is 4. The minimum atomic E-state index is -5.17. The maximum absolute atomic E-state index is 14.2. The summed E-state index contributed by atoms with van der Waals surface area (Å²) in [7, 11) is -5.17. The number of β-lactam (4-membered cyclic amide) rings is 1. The van der Waals surface area contributed by atoms with Crippen molar-refractivity contribution in [3.8, 4) is 0 Å². The molecule has 23 nitrogen and oxygen atoms in total. The van der Waals surface area contributed by atoms with Crippen LogP contribution in [0.4, 0.5) is 14.7 Å². The molecule has 2 aromatic heterocycles. The normalized spacial score (nSPS) is 16.8. The van der Waals surface area contributed by atoms with E-state index in [1.807, 2.05) is 12.1 Å². The molecule has 2 fully saturated rings. The number of anilines is 1. The van der Waals surface area contributed by atoms with Gasteiger partial charge in [0, 0.05) is 31.2 Å². The van der Waals surface area contributed by atoms with Gasteiger partial charge in [-0.25, -0.2) is 23.7 Å². The highest BCUT2D eigenvalue weighted by Crippen LogP contribution is 2.43. The summed E-state index contributed by atoms with van der Waals surface area (Å²) >= 11 is 0.885. The number of thiazole rings is 1. The quantitative estimate of drug-likeness (QED) is 0.0170. The molecule has 0 radical (unpaired) electrons. The maximum atomic E-state index is 14.2. The predicted octanol–water partition coefficient (Wildman–Crippen LogP) is 3.79. The second kappa shape index (κ2) is 20.9. The van der Waals surface area contributed by atoms with Crippen molar-refractivity contribution in [2.45, 2.75) is 115 Å². The van der Waals surface area contributed by atoms with Crippen molar-refractivity contribution in [2.75, 3.05) is 11.9 Å². The molecule has 68 heavy (non-hydrogen) atoms. The van der Waals surface area contributed by atoms with E-state index in [0.29, 0.717) is 17.5 Å². The van der Waals surface area contributed by atoms with Crippen molar-refractivity contribution in [1.82, 2.24) is 40.2 Å². The lowest BCUT2D eigenvalue weighted by molar-refractivity contribution is -0.164. The van der Waals surface area contributed by atoms with Gasteiger partial charge < -0.3 is 35.0 Å². The SMILES string of the molecule is CC(C)(C)OC(=O)NCCCC(=O)NCc1cnn(C[C@@H]2[C@H](NC(=O)C(=NOC3(C(=O)OC(c4ccccc4)c4ccccc4)CC3)c3csc(NC(=O)OC(C)(C)C)n3)C(=O)N2S(=O)(=O)O)n1. The molecule has 0 spiro atoms. The molecule has 5 N–H and O–H groups in total. The highest BCUT2D eigenvalue weighted by atomic mass is 32.2. The van der Waals surface area contributed by atoms with Crippen LogP contribution in [0.5, 0.6) is 0 Å². The van der Waals surface area contributed by atoms with Crippen molar-refractivity contribution >= 4 is 68.4 Å². The van der Waals surface area contributed by atoms with Crippen molar-refractivity contribution < 1.29 is 60.8 Å². The van der Waals surface area contributed by atoms with Gasteiger partial charge in [-0.1, -0.05) is 65.8 Å². The number of esters is 1. The van der Waals surface area contributed by atoms with Crippen LogP contribution in [0.1, 0.15) is 95.8 Å². The van der Waals surface area contributed by atoms with E-state index < -0.39 is 87.5 Å². The number of oxime groups is 1. The molecule has 2 aromatic carbocycles. The molecule has 4 aromatic rings. The van der Waals surface area contributed by atoms with Crippen molar-refractivity contribution in [3.63, 3.8) is 0 Å². The largest absolute Gasteiger partial charge is 0.450 e. The van der Waals surface area contributed by atoms with Gasteiger partial charge in [0.1, 0.15) is 34.7 Å². The lowest BCUT2D eigenvalue weighted by Crippen LogP contribution is -2.73. The van der Waals surface area contributed by atoms with E-state index in [-0.39, 0.29) is 59.1 Å². The number of amides is 5. The van der Waals surface area contributed by atoms with Gasteiger partial charge in [-0.15, -0.1) is 11.3 Å². The summed E-state index contributed by atoms with van der Waals surface area (Å²) in [5.41, 5.74) is -2.29. The zero-order valence-corrected chi connectivity index (χ0v) is 39.6. The highest BCUT2D eigenvalue weighted by molar-refractivity contribution is 7.84. The smallest absolute Gasteiger partial charge is 0.413 e. The number of aromatic nitrogens is 4. The summed E-state index contributed by atoms with van der Waals surface area (Å²) in [6.07, 6.45) is -0.309. The first kappa shape index (κ1) is 50.4. The number of hydrogen-bond donors (Lipinski definition) is 5. The molecule has 2 aliphatic rings. The summed E-state index contributed by atoms with van der Waals surface area (Å²) in [6.45, 7) is 9.79. The minimum Gasteiger partial charge on any atom is -0.450 e. The lowest BCUT2D eigenvalue weighted by Gasteiger charge is -2.43. The number of benzene rings is 2. The standard InChI is InChI=1S/C43H52N10O13S2/c1-41(2,3)64-39(58)44-21-13-18-31(54)45-22-28-23-46-52(50-28)24-30-33(36(56)53(30)68(60,61)62)48-35(55)32(29-25-67-38(47-29)49-40(59)65-42(4,5)6)51-66-43(19-20-43)37(57)63-34(26-14-9-7-10-15-26)27-16-11-8-12-17-27/h7-12,14-17,23,25,30,33-34H,13,18-22,24H2,1-6H3,(H,44,58)(H,45,54)(H,48,55)(H,47,49,59)(H,60,61,62)/t30-,33+/m1/s1. The Morgan fingerprint density at radius 2 is 1.54 bits per heavy atom.